The molecule has 2 aromatic carbocycles. The molecule has 0 amide bonds. The van der Waals surface area contributed by atoms with Crippen LogP contribution in [0, 0.1) is 6.92 Å². The summed E-state index contributed by atoms with van der Waals surface area (Å²) in [6.45, 7) is 1.98. The topological polar surface area (TPSA) is 69.2 Å². The molecule has 1 N–H and O–H groups in total. The number of nitrogens with zero attached hydrogens (tertiary/aromatic N) is 3. The van der Waals surface area contributed by atoms with Gasteiger partial charge in [0.1, 0.15) is 5.75 Å². The summed E-state index contributed by atoms with van der Waals surface area (Å²) in [6, 6.07) is 12.4. The molecular formula is C21H18ClN3O3. The van der Waals surface area contributed by atoms with Crippen molar-refractivity contribution in [2.24, 2.45) is 14.1 Å². The lowest BCUT2D eigenvalue weighted by atomic mass is 10.1. The Hall–Kier alpha value is -3.25. The van der Waals surface area contributed by atoms with E-state index in [1.165, 1.54) is 17.7 Å². The molecule has 28 heavy (non-hydrogen) atoms. The number of phenolic OH excluding ortho intramolecular Hbond substituents is 1. The lowest BCUT2D eigenvalue weighted by Gasteiger charge is -2.12. The molecule has 0 aliphatic carbocycles. The first-order chi connectivity index (χ1) is 13.3. The number of aromatic hydroxyl groups is 1. The third-order valence-corrected chi connectivity index (χ3v) is 5.20. The van der Waals surface area contributed by atoms with Gasteiger partial charge >= 0.3 is 5.69 Å². The Kier molecular flexibility index (Phi) is 4.16. The Morgan fingerprint density at radius 3 is 2.32 bits per heavy atom. The van der Waals surface area contributed by atoms with Crippen molar-refractivity contribution < 1.29 is 5.11 Å². The van der Waals surface area contributed by atoms with Crippen molar-refractivity contribution in [3.8, 4) is 22.7 Å². The molecule has 0 spiro atoms. The van der Waals surface area contributed by atoms with Gasteiger partial charge in [-0.05, 0) is 30.7 Å². The third kappa shape index (κ3) is 2.65. The average molecular weight is 396 g/mol. The largest absolute Gasteiger partial charge is 0.506 e. The van der Waals surface area contributed by atoms with Crippen LogP contribution < -0.4 is 11.2 Å². The molecule has 142 valence electrons. The number of aromatic nitrogens is 3. The smallest absolute Gasteiger partial charge is 0.330 e. The summed E-state index contributed by atoms with van der Waals surface area (Å²) in [5, 5.41) is 11.3. The zero-order valence-corrected chi connectivity index (χ0v) is 16.4. The summed E-state index contributed by atoms with van der Waals surface area (Å²) >= 11 is 6.15. The van der Waals surface area contributed by atoms with E-state index in [4.69, 9.17) is 11.6 Å². The molecule has 0 saturated carbocycles. The fraction of sp³-hybridized carbons (Fsp3) is 0.143. The average Bonchev–Trinajstić information content (AvgIpc) is 3.07. The fourth-order valence-electron chi connectivity index (χ4n) is 3.42. The number of aryl methyl sites for hydroxylation is 2. The Balaban J connectivity index is 2.23. The second-order valence-electron chi connectivity index (χ2n) is 6.81. The van der Waals surface area contributed by atoms with E-state index < -0.39 is 11.2 Å². The summed E-state index contributed by atoms with van der Waals surface area (Å²) < 4.78 is 4.21. The fourth-order valence-corrected chi connectivity index (χ4v) is 3.58. The number of hydrogen-bond acceptors (Lipinski definition) is 3. The molecule has 2 aromatic heterocycles. The van der Waals surface area contributed by atoms with Crippen LogP contribution >= 0.6 is 11.6 Å². The van der Waals surface area contributed by atoms with Gasteiger partial charge in [0.15, 0.2) is 0 Å². The van der Waals surface area contributed by atoms with Crippen LogP contribution in [-0.4, -0.2) is 18.8 Å². The van der Waals surface area contributed by atoms with E-state index >= 15 is 0 Å². The number of halogens is 1. The number of benzene rings is 2. The van der Waals surface area contributed by atoms with E-state index in [-0.39, 0.29) is 5.75 Å². The molecule has 0 aliphatic rings. The minimum atomic E-state index is -0.416. The lowest BCUT2D eigenvalue weighted by molar-refractivity contribution is 0.472. The highest BCUT2D eigenvalue weighted by Gasteiger charge is 2.21. The van der Waals surface area contributed by atoms with Crippen LogP contribution in [0.2, 0.25) is 5.02 Å². The van der Waals surface area contributed by atoms with Gasteiger partial charge in [0.25, 0.3) is 5.56 Å². The second-order valence-corrected chi connectivity index (χ2v) is 7.25. The van der Waals surface area contributed by atoms with Gasteiger partial charge in [-0.2, -0.15) is 0 Å². The van der Waals surface area contributed by atoms with E-state index in [1.54, 1.807) is 29.9 Å². The lowest BCUT2D eigenvalue weighted by Crippen LogP contribution is -2.36. The van der Waals surface area contributed by atoms with Gasteiger partial charge in [-0.25, -0.2) is 4.79 Å². The van der Waals surface area contributed by atoms with Gasteiger partial charge in [0, 0.05) is 25.3 Å². The maximum Gasteiger partial charge on any atom is 0.330 e. The van der Waals surface area contributed by atoms with Gasteiger partial charge < -0.3 is 9.67 Å². The third-order valence-electron chi connectivity index (χ3n) is 4.96. The van der Waals surface area contributed by atoms with E-state index in [0.717, 1.165) is 15.7 Å². The molecule has 0 fully saturated rings. The van der Waals surface area contributed by atoms with Crippen LogP contribution in [-0.2, 0) is 14.1 Å². The van der Waals surface area contributed by atoms with Crippen molar-refractivity contribution in [2.75, 3.05) is 0 Å². The Bertz CT molecular complexity index is 1340. The Labute approximate surface area is 165 Å². The molecule has 0 unspecified atom stereocenters. The summed E-state index contributed by atoms with van der Waals surface area (Å²) in [7, 11) is 3.07. The molecular weight excluding hydrogens is 378 g/mol. The maximum absolute atomic E-state index is 13.0. The van der Waals surface area contributed by atoms with Crippen LogP contribution in [0.4, 0.5) is 0 Å². The number of phenols is 1. The highest BCUT2D eigenvalue weighted by molar-refractivity contribution is 6.30. The van der Waals surface area contributed by atoms with E-state index in [2.05, 4.69) is 0 Å². The maximum atomic E-state index is 13.0. The molecule has 7 heteroatoms. The van der Waals surface area contributed by atoms with Gasteiger partial charge in [0.05, 0.1) is 22.3 Å². The normalized spacial score (nSPS) is 11.3. The molecule has 0 radical (unpaired) electrons. The zero-order valence-electron chi connectivity index (χ0n) is 15.6. The van der Waals surface area contributed by atoms with Gasteiger partial charge in [-0.15, -0.1) is 0 Å². The van der Waals surface area contributed by atoms with Crippen molar-refractivity contribution >= 4 is 22.5 Å². The first kappa shape index (κ1) is 18.1. The quantitative estimate of drug-likeness (QED) is 0.565. The molecule has 0 atom stereocenters. The van der Waals surface area contributed by atoms with Crippen molar-refractivity contribution in [3.63, 3.8) is 0 Å². The second kappa shape index (κ2) is 6.42. The highest BCUT2D eigenvalue weighted by Crippen LogP contribution is 2.35. The van der Waals surface area contributed by atoms with Crippen molar-refractivity contribution in [1.82, 2.24) is 13.7 Å². The van der Waals surface area contributed by atoms with Gasteiger partial charge in [-0.3, -0.25) is 13.9 Å². The van der Waals surface area contributed by atoms with Crippen molar-refractivity contribution in [3.05, 3.63) is 80.1 Å². The summed E-state index contributed by atoms with van der Waals surface area (Å²) in [4.78, 5) is 25.4. The molecule has 0 saturated heterocycles. The molecule has 6 nitrogen and oxygen atoms in total. The van der Waals surface area contributed by atoms with Gasteiger partial charge in [0.2, 0.25) is 0 Å². The summed E-state index contributed by atoms with van der Waals surface area (Å²) in [5.41, 5.74) is 2.54. The van der Waals surface area contributed by atoms with E-state index in [0.29, 0.717) is 27.3 Å². The van der Waals surface area contributed by atoms with Crippen LogP contribution in [0.5, 0.6) is 5.75 Å². The molecule has 4 rings (SSSR count). The summed E-state index contributed by atoms with van der Waals surface area (Å²) in [6.07, 6.45) is 1.68. The molecule has 2 heterocycles. The molecule has 4 aromatic rings. The standard InChI is InChI=1S/C21H18ClN3O3/c1-12-4-6-13(7-5-12)19-18-16(23(2)21(28)24(3)20(18)27)11-25(19)15-10-14(22)8-9-17(15)26/h4-11,26H,1-3H3. The van der Waals surface area contributed by atoms with E-state index in [1.807, 2.05) is 31.2 Å². The molecule has 0 bridgehead atoms. The number of hydrogen-bond donors (Lipinski definition) is 1. The monoisotopic (exact) mass is 395 g/mol. The van der Waals surface area contributed by atoms with Crippen LogP contribution in [0.1, 0.15) is 5.56 Å². The van der Waals surface area contributed by atoms with Crippen LogP contribution in [0.3, 0.4) is 0 Å². The number of rotatable bonds is 2. The first-order valence-electron chi connectivity index (χ1n) is 8.66. The minimum Gasteiger partial charge on any atom is -0.506 e. The highest BCUT2D eigenvalue weighted by atomic mass is 35.5. The van der Waals surface area contributed by atoms with Crippen molar-refractivity contribution in [1.29, 1.82) is 0 Å². The Morgan fingerprint density at radius 2 is 1.64 bits per heavy atom. The predicted molar refractivity (Wildman–Crippen MR) is 111 cm³/mol. The predicted octanol–water partition coefficient (Wildman–Crippen LogP) is 3.36. The number of fused-ring (bicyclic) bond motifs is 1. The minimum absolute atomic E-state index is 0.0138. The zero-order chi connectivity index (χ0) is 20.2. The van der Waals surface area contributed by atoms with E-state index in [9.17, 15) is 14.7 Å². The molecule has 0 aliphatic heterocycles. The SMILES string of the molecule is Cc1ccc(-c2c3c(=O)n(C)c(=O)n(C)c3cn2-c2cc(Cl)ccc2O)cc1. The summed E-state index contributed by atoms with van der Waals surface area (Å²) in [5.74, 6) is 0.0138. The first-order valence-corrected chi connectivity index (χ1v) is 9.04. The Morgan fingerprint density at radius 1 is 0.964 bits per heavy atom. The van der Waals surface area contributed by atoms with Gasteiger partial charge in [-0.1, -0.05) is 41.4 Å². The van der Waals surface area contributed by atoms with Crippen LogP contribution in [0.25, 0.3) is 27.8 Å². The van der Waals surface area contributed by atoms with Crippen molar-refractivity contribution in [2.45, 2.75) is 6.92 Å². The van der Waals surface area contributed by atoms with Crippen LogP contribution in [0.15, 0.2) is 58.3 Å².